The topological polar surface area (TPSA) is 114 Å². The first-order chi connectivity index (χ1) is 14.6. The molecule has 30 heavy (non-hydrogen) atoms. The highest BCUT2D eigenvalue weighted by Gasteiger charge is 2.32. The first-order valence-electron chi connectivity index (χ1n) is 10.5. The van der Waals surface area contributed by atoms with Gasteiger partial charge in [0.05, 0.1) is 6.61 Å². The molecule has 10 nitrogen and oxygen atoms in total. The van der Waals surface area contributed by atoms with Crippen molar-refractivity contribution >= 4 is 23.9 Å². The highest BCUT2D eigenvalue weighted by molar-refractivity contribution is 5.84. The van der Waals surface area contributed by atoms with Crippen LogP contribution < -0.4 is 10.2 Å². The van der Waals surface area contributed by atoms with Crippen molar-refractivity contribution in [2.75, 3.05) is 37.7 Å². The third-order valence-electron chi connectivity index (χ3n) is 5.32. The molecule has 10 heteroatoms. The molecule has 1 unspecified atom stereocenters. The van der Waals surface area contributed by atoms with E-state index >= 15 is 0 Å². The van der Waals surface area contributed by atoms with Crippen LogP contribution >= 0.6 is 0 Å². The molecule has 2 aliphatic heterocycles. The van der Waals surface area contributed by atoms with Crippen LogP contribution in [0.1, 0.15) is 39.0 Å². The van der Waals surface area contributed by atoms with E-state index in [-0.39, 0.29) is 24.6 Å². The van der Waals surface area contributed by atoms with Crippen LogP contribution in [0.25, 0.3) is 0 Å². The summed E-state index contributed by atoms with van der Waals surface area (Å²) in [4.78, 5) is 48.5. The number of anilines is 1. The summed E-state index contributed by atoms with van der Waals surface area (Å²) in [6, 6.07) is 1.19. The molecule has 0 bridgehead atoms. The van der Waals surface area contributed by atoms with Crippen molar-refractivity contribution in [3.63, 3.8) is 0 Å². The van der Waals surface area contributed by atoms with Crippen LogP contribution in [0, 0.1) is 0 Å². The Morgan fingerprint density at radius 2 is 1.80 bits per heavy atom. The Morgan fingerprint density at radius 3 is 2.50 bits per heavy atom. The molecule has 0 aliphatic carbocycles. The molecule has 164 valence electrons. The third kappa shape index (κ3) is 5.80. The van der Waals surface area contributed by atoms with E-state index < -0.39 is 12.0 Å². The van der Waals surface area contributed by atoms with E-state index in [1.165, 1.54) is 0 Å². The molecule has 2 aliphatic rings. The van der Waals surface area contributed by atoms with Gasteiger partial charge in [-0.3, -0.25) is 4.79 Å². The van der Waals surface area contributed by atoms with E-state index in [1.54, 1.807) is 30.3 Å². The number of aromatic nitrogens is 2. The molecule has 0 spiro atoms. The fourth-order valence-corrected chi connectivity index (χ4v) is 3.78. The van der Waals surface area contributed by atoms with Crippen molar-refractivity contribution in [2.24, 2.45) is 0 Å². The molecule has 2 saturated heterocycles. The lowest BCUT2D eigenvalue weighted by Crippen LogP contribution is -2.49. The Hall–Kier alpha value is -2.91. The zero-order valence-corrected chi connectivity index (χ0v) is 17.3. The Kier molecular flexibility index (Phi) is 7.81. The van der Waals surface area contributed by atoms with Gasteiger partial charge >= 0.3 is 12.1 Å². The predicted molar refractivity (Wildman–Crippen MR) is 108 cm³/mol. The maximum atomic E-state index is 12.6. The molecule has 0 aromatic carbocycles. The van der Waals surface area contributed by atoms with Crippen molar-refractivity contribution in [1.82, 2.24) is 20.2 Å². The van der Waals surface area contributed by atoms with E-state index in [4.69, 9.17) is 9.47 Å². The maximum Gasteiger partial charge on any atom is 0.409 e. The van der Waals surface area contributed by atoms with Gasteiger partial charge in [-0.1, -0.05) is 0 Å². The van der Waals surface area contributed by atoms with Gasteiger partial charge in [-0.2, -0.15) is 0 Å². The number of hydrogen-bond donors (Lipinski definition) is 1. The molecule has 2 amide bonds. The van der Waals surface area contributed by atoms with Gasteiger partial charge in [0.2, 0.25) is 5.95 Å². The lowest BCUT2D eigenvalue weighted by atomic mass is 10.0. The second kappa shape index (κ2) is 10.7. The van der Waals surface area contributed by atoms with Crippen molar-refractivity contribution < 1.29 is 23.9 Å². The van der Waals surface area contributed by atoms with E-state index in [2.05, 4.69) is 15.3 Å². The SMILES string of the molecule is CCOC(=O)N1CCC(NC(=O)COC(=O)C2CCCCN2c2ncccn2)CC1. The standard InChI is InChI=1S/C20H29N5O5/c1-2-29-20(28)24-12-7-15(8-13-24)23-17(26)14-30-18(27)16-6-3-4-11-25(16)19-21-9-5-10-22-19/h5,9-10,15-16H,2-4,6-8,11-14H2,1H3,(H,23,26). The zero-order chi connectivity index (χ0) is 21.3. The van der Waals surface area contributed by atoms with Crippen LogP contribution in [0.4, 0.5) is 10.7 Å². The van der Waals surface area contributed by atoms with E-state index in [9.17, 15) is 14.4 Å². The summed E-state index contributed by atoms with van der Waals surface area (Å²) in [5.74, 6) is -0.275. The van der Waals surface area contributed by atoms with Gasteiger partial charge in [0.15, 0.2) is 6.61 Å². The highest BCUT2D eigenvalue weighted by atomic mass is 16.6. The van der Waals surface area contributed by atoms with Crippen molar-refractivity contribution in [3.05, 3.63) is 18.5 Å². The minimum absolute atomic E-state index is 0.0502. The third-order valence-corrected chi connectivity index (χ3v) is 5.32. The predicted octanol–water partition coefficient (Wildman–Crippen LogP) is 1.12. The normalized spacial score (nSPS) is 19.8. The number of carbonyl (C=O) groups is 3. The number of hydrogen-bond acceptors (Lipinski definition) is 8. The molecule has 0 saturated carbocycles. The fraction of sp³-hybridized carbons (Fsp3) is 0.650. The van der Waals surface area contributed by atoms with Gasteiger partial charge in [-0.15, -0.1) is 0 Å². The van der Waals surface area contributed by atoms with Crippen molar-refractivity contribution in [1.29, 1.82) is 0 Å². The fourth-order valence-electron chi connectivity index (χ4n) is 3.78. The van der Waals surface area contributed by atoms with Gasteiger partial charge < -0.3 is 24.6 Å². The molecule has 0 radical (unpaired) electrons. The number of nitrogens with zero attached hydrogens (tertiary/aromatic N) is 4. The highest BCUT2D eigenvalue weighted by Crippen LogP contribution is 2.22. The summed E-state index contributed by atoms with van der Waals surface area (Å²) in [7, 11) is 0. The Bertz CT molecular complexity index is 724. The Labute approximate surface area is 175 Å². The second-order valence-electron chi connectivity index (χ2n) is 7.39. The van der Waals surface area contributed by atoms with Crippen LogP contribution in [0.2, 0.25) is 0 Å². The minimum atomic E-state index is -0.484. The van der Waals surface area contributed by atoms with Crippen LogP contribution in [-0.4, -0.2) is 77.8 Å². The molecular formula is C20H29N5O5. The number of nitrogens with one attached hydrogen (secondary N) is 1. The smallest absolute Gasteiger partial charge is 0.409 e. The average Bonchev–Trinajstić information content (AvgIpc) is 2.78. The van der Waals surface area contributed by atoms with Crippen molar-refractivity contribution in [2.45, 2.75) is 51.1 Å². The maximum absolute atomic E-state index is 12.6. The molecule has 1 aromatic heterocycles. The van der Waals surface area contributed by atoms with Gasteiger partial charge in [0.1, 0.15) is 6.04 Å². The van der Waals surface area contributed by atoms with Gasteiger partial charge in [0.25, 0.3) is 5.91 Å². The molecule has 1 aromatic rings. The lowest BCUT2D eigenvalue weighted by Gasteiger charge is -2.34. The monoisotopic (exact) mass is 419 g/mol. The van der Waals surface area contributed by atoms with Gasteiger partial charge in [0, 0.05) is 38.1 Å². The summed E-state index contributed by atoms with van der Waals surface area (Å²) in [6.07, 6.45) is 6.74. The summed E-state index contributed by atoms with van der Waals surface area (Å²) >= 11 is 0. The summed E-state index contributed by atoms with van der Waals surface area (Å²) in [5, 5.41) is 2.88. The van der Waals surface area contributed by atoms with Crippen molar-refractivity contribution in [3.8, 4) is 0 Å². The number of ether oxygens (including phenoxy) is 2. The van der Waals surface area contributed by atoms with Crippen LogP contribution in [0.5, 0.6) is 0 Å². The summed E-state index contributed by atoms with van der Waals surface area (Å²) < 4.78 is 10.3. The number of rotatable bonds is 6. The summed E-state index contributed by atoms with van der Waals surface area (Å²) in [5.41, 5.74) is 0. The Balaban J connectivity index is 1.43. The molecule has 3 heterocycles. The molecule has 3 rings (SSSR count). The van der Waals surface area contributed by atoms with Crippen LogP contribution in [0.15, 0.2) is 18.5 Å². The first kappa shape index (κ1) is 21.8. The van der Waals surface area contributed by atoms with Gasteiger partial charge in [-0.25, -0.2) is 19.6 Å². The summed E-state index contributed by atoms with van der Waals surface area (Å²) in [6.45, 7) is 3.52. The number of carbonyl (C=O) groups excluding carboxylic acids is 3. The van der Waals surface area contributed by atoms with E-state index in [1.807, 2.05) is 4.90 Å². The number of likely N-dealkylation sites (tertiary alicyclic amines) is 1. The van der Waals surface area contributed by atoms with Gasteiger partial charge in [-0.05, 0) is 45.1 Å². The number of piperidine rings is 2. The zero-order valence-electron chi connectivity index (χ0n) is 17.3. The quantitative estimate of drug-likeness (QED) is 0.682. The van der Waals surface area contributed by atoms with Crippen LogP contribution in [0.3, 0.4) is 0 Å². The molecular weight excluding hydrogens is 390 g/mol. The molecule has 1 atom stereocenters. The second-order valence-corrected chi connectivity index (χ2v) is 7.39. The minimum Gasteiger partial charge on any atom is -0.454 e. The molecule has 2 fully saturated rings. The first-order valence-corrected chi connectivity index (χ1v) is 10.5. The van der Waals surface area contributed by atoms with E-state index in [0.29, 0.717) is 51.5 Å². The van der Waals surface area contributed by atoms with Crippen LogP contribution in [-0.2, 0) is 19.1 Å². The van der Waals surface area contributed by atoms with E-state index in [0.717, 1.165) is 12.8 Å². The largest absolute Gasteiger partial charge is 0.454 e. The average molecular weight is 419 g/mol. The number of amides is 2. The number of esters is 1. The lowest BCUT2D eigenvalue weighted by molar-refractivity contribution is -0.150. The Morgan fingerprint density at radius 1 is 1.07 bits per heavy atom. The molecule has 1 N–H and O–H groups in total.